The molecule has 1 rings (SSSR count). The molecule has 0 aliphatic carbocycles. The summed E-state index contributed by atoms with van der Waals surface area (Å²) in [4.78, 5) is 13.7. The number of rotatable bonds is 6. The van der Waals surface area contributed by atoms with Gasteiger partial charge in [0.2, 0.25) is 5.91 Å². The zero-order valence-electron chi connectivity index (χ0n) is 11.7. The fraction of sp³-hybridized carbons (Fsp3) is 0.923. The highest BCUT2D eigenvalue weighted by atomic mass is 16.5. The summed E-state index contributed by atoms with van der Waals surface area (Å²) in [6.45, 7) is 7.09. The van der Waals surface area contributed by atoms with Crippen LogP contribution in [0.2, 0.25) is 0 Å². The molecule has 1 saturated heterocycles. The summed E-state index contributed by atoms with van der Waals surface area (Å²) in [5.41, 5.74) is -0.679. The summed E-state index contributed by atoms with van der Waals surface area (Å²) < 4.78 is 4.94. The monoisotopic (exact) mass is 258 g/mol. The largest absolute Gasteiger partial charge is 0.388 e. The topological polar surface area (TPSA) is 61.8 Å². The molecule has 0 radical (unpaired) electrons. The van der Waals surface area contributed by atoms with Crippen molar-refractivity contribution in [1.29, 1.82) is 0 Å². The van der Waals surface area contributed by atoms with Crippen molar-refractivity contribution in [2.75, 3.05) is 39.9 Å². The van der Waals surface area contributed by atoms with Crippen molar-refractivity contribution in [3.8, 4) is 0 Å². The van der Waals surface area contributed by atoms with Crippen LogP contribution >= 0.6 is 0 Å². The lowest BCUT2D eigenvalue weighted by molar-refractivity contribution is -0.138. The van der Waals surface area contributed by atoms with E-state index in [0.29, 0.717) is 39.1 Å². The van der Waals surface area contributed by atoms with Crippen LogP contribution in [0.25, 0.3) is 0 Å². The molecule has 0 aromatic carbocycles. The Balaban J connectivity index is 2.30. The molecule has 0 aromatic heterocycles. The molecule has 106 valence electrons. The third kappa shape index (κ3) is 4.55. The Kier molecular flexibility index (Phi) is 6.05. The Morgan fingerprint density at radius 3 is 2.56 bits per heavy atom. The number of likely N-dealkylation sites (tertiary alicyclic amines) is 1. The lowest BCUT2D eigenvalue weighted by Gasteiger charge is -2.39. The lowest BCUT2D eigenvalue weighted by atomic mass is 9.91. The van der Waals surface area contributed by atoms with E-state index in [1.165, 1.54) is 0 Å². The van der Waals surface area contributed by atoms with Crippen LogP contribution in [0.5, 0.6) is 0 Å². The number of hydrogen-bond acceptors (Lipinski definition) is 4. The number of carbonyl (C=O) groups is 1. The van der Waals surface area contributed by atoms with Gasteiger partial charge in [-0.3, -0.25) is 4.79 Å². The third-order valence-electron chi connectivity index (χ3n) is 3.44. The third-order valence-corrected chi connectivity index (χ3v) is 3.44. The normalized spacial score (nSPS) is 19.3. The van der Waals surface area contributed by atoms with Crippen LogP contribution in [-0.2, 0) is 9.53 Å². The van der Waals surface area contributed by atoms with E-state index in [2.05, 4.69) is 5.32 Å². The second-order valence-electron chi connectivity index (χ2n) is 5.37. The maximum Gasteiger partial charge on any atom is 0.225 e. The predicted octanol–water partition coefficient (Wildman–Crippen LogP) is 0.232. The number of piperidine rings is 1. The molecule has 1 aliphatic heterocycles. The van der Waals surface area contributed by atoms with Gasteiger partial charge in [0.25, 0.3) is 0 Å². The zero-order chi connectivity index (χ0) is 13.6. The van der Waals surface area contributed by atoms with Crippen molar-refractivity contribution in [3.63, 3.8) is 0 Å². The van der Waals surface area contributed by atoms with Crippen molar-refractivity contribution in [3.05, 3.63) is 0 Å². The summed E-state index contributed by atoms with van der Waals surface area (Å²) in [6, 6.07) is 0. The highest BCUT2D eigenvalue weighted by Crippen LogP contribution is 2.22. The number of amides is 1. The quantitative estimate of drug-likeness (QED) is 0.670. The van der Waals surface area contributed by atoms with Crippen LogP contribution < -0.4 is 5.32 Å². The molecule has 5 heteroatoms. The molecule has 0 spiro atoms. The molecule has 1 aliphatic rings. The number of nitrogens with one attached hydrogen (secondary N) is 1. The molecular weight excluding hydrogens is 232 g/mol. The van der Waals surface area contributed by atoms with E-state index < -0.39 is 5.60 Å². The summed E-state index contributed by atoms with van der Waals surface area (Å²) in [5.74, 6) is 0.223. The van der Waals surface area contributed by atoms with Gasteiger partial charge in [0.15, 0.2) is 0 Å². The van der Waals surface area contributed by atoms with Crippen molar-refractivity contribution in [2.24, 2.45) is 5.92 Å². The SMILES string of the molecule is COCCNCC1(O)CCN(C(=O)C(C)C)CC1. The molecule has 0 atom stereocenters. The van der Waals surface area contributed by atoms with Gasteiger partial charge < -0.3 is 20.1 Å². The maximum atomic E-state index is 11.8. The van der Waals surface area contributed by atoms with Gasteiger partial charge >= 0.3 is 0 Å². The fourth-order valence-electron chi connectivity index (χ4n) is 2.18. The number of nitrogens with zero attached hydrogens (tertiary/aromatic N) is 1. The summed E-state index contributed by atoms with van der Waals surface area (Å²) >= 11 is 0. The first-order chi connectivity index (χ1) is 8.48. The van der Waals surface area contributed by atoms with E-state index in [-0.39, 0.29) is 11.8 Å². The van der Waals surface area contributed by atoms with Gasteiger partial charge in [-0.05, 0) is 12.8 Å². The van der Waals surface area contributed by atoms with Crippen LogP contribution in [0.15, 0.2) is 0 Å². The highest BCUT2D eigenvalue weighted by Gasteiger charge is 2.33. The predicted molar refractivity (Wildman–Crippen MR) is 70.3 cm³/mol. The van der Waals surface area contributed by atoms with Crippen molar-refractivity contribution >= 4 is 5.91 Å². The van der Waals surface area contributed by atoms with Gasteiger partial charge in [-0.2, -0.15) is 0 Å². The second kappa shape index (κ2) is 7.07. The van der Waals surface area contributed by atoms with E-state index in [9.17, 15) is 9.90 Å². The van der Waals surface area contributed by atoms with E-state index in [1.54, 1.807) is 7.11 Å². The van der Waals surface area contributed by atoms with Crippen LogP contribution in [0.4, 0.5) is 0 Å². The van der Waals surface area contributed by atoms with Crippen LogP contribution in [-0.4, -0.2) is 61.4 Å². The fourth-order valence-corrected chi connectivity index (χ4v) is 2.18. The molecule has 0 aromatic rings. The minimum absolute atomic E-state index is 0.0380. The van der Waals surface area contributed by atoms with Gasteiger partial charge in [0, 0.05) is 39.2 Å². The van der Waals surface area contributed by atoms with E-state index in [4.69, 9.17) is 4.74 Å². The smallest absolute Gasteiger partial charge is 0.225 e. The minimum atomic E-state index is -0.679. The summed E-state index contributed by atoms with van der Waals surface area (Å²) in [6.07, 6.45) is 1.29. The van der Waals surface area contributed by atoms with Crippen molar-refractivity contribution < 1.29 is 14.6 Å². The molecule has 18 heavy (non-hydrogen) atoms. The molecule has 0 unspecified atom stereocenters. The molecule has 0 bridgehead atoms. The van der Waals surface area contributed by atoms with E-state index >= 15 is 0 Å². The van der Waals surface area contributed by atoms with Crippen molar-refractivity contribution in [1.82, 2.24) is 10.2 Å². The second-order valence-corrected chi connectivity index (χ2v) is 5.37. The van der Waals surface area contributed by atoms with Gasteiger partial charge in [0.05, 0.1) is 12.2 Å². The number of aliphatic hydroxyl groups is 1. The van der Waals surface area contributed by atoms with Gasteiger partial charge in [-0.1, -0.05) is 13.8 Å². The minimum Gasteiger partial charge on any atom is -0.388 e. The Bertz CT molecular complexity index is 261. The number of hydrogen-bond donors (Lipinski definition) is 2. The van der Waals surface area contributed by atoms with Gasteiger partial charge in [-0.25, -0.2) is 0 Å². The van der Waals surface area contributed by atoms with Gasteiger partial charge in [-0.15, -0.1) is 0 Å². The first-order valence-electron chi connectivity index (χ1n) is 6.69. The first kappa shape index (κ1) is 15.4. The molecule has 1 heterocycles. The molecule has 1 fully saturated rings. The Morgan fingerprint density at radius 1 is 1.44 bits per heavy atom. The number of methoxy groups -OCH3 is 1. The van der Waals surface area contributed by atoms with Gasteiger partial charge in [0.1, 0.15) is 0 Å². The first-order valence-corrected chi connectivity index (χ1v) is 6.69. The average Bonchev–Trinajstić information content (AvgIpc) is 2.35. The zero-order valence-corrected chi connectivity index (χ0v) is 11.7. The molecule has 5 nitrogen and oxygen atoms in total. The summed E-state index contributed by atoms with van der Waals surface area (Å²) in [7, 11) is 1.66. The summed E-state index contributed by atoms with van der Waals surface area (Å²) in [5, 5.41) is 13.6. The molecule has 1 amide bonds. The number of carbonyl (C=O) groups excluding carboxylic acids is 1. The highest BCUT2D eigenvalue weighted by molar-refractivity contribution is 5.78. The maximum absolute atomic E-state index is 11.8. The van der Waals surface area contributed by atoms with Crippen LogP contribution in [0.1, 0.15) is 26.7 Å². The Labute approximate surface area is 109 Å². The van der Waals surface area contributed by atoms with Crippen LogP contribution in [0, 0.1) is 5.92 Å². The number of ether oxygens (including phenoxy) is 1. The standard InChI is InChI=1S/C13H26N2O3/c1-11(2)12(16)15-7-4-13(17,5-8-15)10-14-6-9-18-3/h11,14,17H,4-10H2,1-3H3. The lowest BCUT2D eigenvalue weighted by Crippen LogP contribution is -2.52. The Hall–Kier alpha value is -0.650. The van der Waals surface area contributed by atoms with Crippen molar-refractivity contribution in [2.45, 2.75) is 32.3 Å². The molecular formula is C13H26N2O3. The molecule has 2 N–H and O–H groups in total. The van der Waals surface area contributed by atoms with E-state index in [1.807, 2.05) is 18.7 Å². The van der Waals surface area contributed by atoms with Crippen LogP contribution in [0.3, 0.4) is 0 Å². The molecule has 0 saturated carbocycles. The van der Waals surface area contributed by atoms with E-state index in [0.717, 1.165) is 6.54 Å². The Morgan fingerprint density at radius 2 is 2.06 bits per heavy atom. The average molecular weight is 258 g/mol.